The standard InChI is InChI=1S/C12H17N3O2.ClH/c1-2-9-8-17-7-6-15(9)12(16)10-4-3-5-11(13)14-10;/h3-5,9H,2,6-8H2,1H3,(H2,13,14);1H. The van der Waals surface area contributed by atoms with Crippen molar-refractivity contribution in [1.82, 2.24) is 9.88 Å². The van der Waals surface area contributed by atoms with Crippen LogP contribution in [-0.4, -0.2) is 41.6 Å². The molecule has 1 amide bonds. The van der Waals surface area contributed by atoms with Crippen molar-refractivity contribution in [1.29, 1.82) is 0 Å². The van der Waals surface area contributed by atoms with Crippen LogP contribution in [0.15, 0.2) is 18.2 Å². The van der Waals surface area contributed by atoms with Crippen LogP contribution in [0.4, 0.5) is 5.82 Å². The molecular weight excluding hydrogens is 254 g/mol. The molecule has 1 saturated heterocycles. The SMILES string of the molecule is CCC1COCCN1C(=O)c1cccc(N)n1.Cl. The molecule has 5 nitrogen and oxygen atoms in total. The number of anilines is 1. The van der Waals surface area contributed by atoms with Crippen LogP contribution in [0.1, 0.15) is 23.8 Å². The number of hydrogen-bond donors (Lipinski definition) is 1. The molecular formula is C12H18ClN3O2. The van der Waals surface area contributed by atoms with Crippen LogP contribution >= 0.6 is 12.4 Å². The van der Waals surface area contributed by atoms with E-state index >= 15 is 0 Å². The zero-order chi connectivity index (χ0) is 12.3. The minimum Gasteiger partial charge on any atom is -0.384 e. The van der Waals surface area contributed by atoms with Crippen molar-refractivity contribution in [2.45, 2.75) is 19.4 Å². The van der Waals surface area contributed by atoms with E-state index in [1.54, 1.807) is 18.2 Å². The summed E-state index contributed by atoms with van der Waals surface area (Å²) in [6.07, 6.45) is 0.883. The molecule has 2 N–H and O–H groups in total. The Kier molecular flexibility index (Phi) is 5.37. The molecule has 0 aliphatic carbocycles. The first kappa shape index (κ1) is 14.7. The first-order valence-corrected chi connectivity index (χ1v) is 5.83. The van der Waals surface area contributed by atoms with Crippen molar-refractivity contribution in [2.24, 2.45) is 0 Å². The maximum Gasteiger partial charge on any atom is 0.272 e. The molecule has 0 aromatic carbocycles. The number of nitrogens with zero attached hydrogens (tertiary/aromatic N) is 2. The van der Waals surface area contributed by atoms with Gasteiger partial charge in [-0.1, -0.05) is 13.0 Å². The van der Waals surface area contributed by atoms with E-state index in [-0.39, 0.29) is 24.4 Å². The fourth-order valence-corrected chi connectivity index (χ4v) is 1.98. The molecule has 1 aliphatic rings. The highest BCUT2D eigenvalue weighted by Crippen LogP contribution is 2.14. The van der Waals surface area contributed by atoms with Crippen molar-refractivity contribution in [3.05, 3.63) is 23.9 Å². The van der Waals surface area contributed by atoms with Crippen LogP contribution in [0.5, 0.6) is 0 Å². The third-order valence-corrected chi connectivity index (χ3v) is 2.95. The van der Waals surface area contributed by atoms with Gasteiger partial charge in [0.15, 0.2) is 0 Å². The molecule has 2 rings (SSSR count). The average molecular weight is 272 g/mol. The molecule has 1 aromatic heterocycles. The first-order chi connectivity index (χ1) is 8.22. The van der Waals surface area contributed by atoms with Gasteiger partial charge < -0.3 is 15.4 Å². The summed E-state index contributed by atoms with van der Waals surface area (Å²) < 4.78 is 5.37. The van der Waals surface area contributed by atoms with E-state index in [0.29, 0.717) is 31.3 Å². The summed E-state index contributed by atoms with van der Waals surface area (Å²) in [5, 5.41) is 0. The highest BCUT2D eigenvalue weighted by atomic mass is 35.5. The summed E-state index contributed by atoms with van der Waals surface area (Å²) in [7, 11) is 0. The first-order valence-electron chi connectivity index (χ1n) is 5.83. The van der Waals surface area contributed by atoms with Crippen LogP contribution in [0.2, 0.25) is 0 Å². The van der Waals surface area contributed by atoms with Crippen LogP contribution < -0.4 is 5.73 Å². The van der Waals surface area contributed by atoms with E-state index in [4.69, 9.17) is 10.5 Å². The van der Waals surface area contributed by atoms with Gasteiger partial charge in [0.2, 0.25) is 0 Å². The quantitative estimate of drug-likeness (QED) is 0.881. The summed E-state index contributed by atoms with van der Waals surface area (Å²) in [6, 6.07) is 5.25. The maximum atomic E-state index is 12.3. The molecule has 18 heavy (non-hydrogen) atoms. The van der Waals surface area contributed by atoms with E-state index in [2.05, 4.69) is 4.98 Å². The van der Waals surface area contributed by atoms with Crippen molar-refractivity contribution in [3.63, 3.8) is 0 Å². The molecule has 1 unspecified atom stereocenters. The molecule has 0 bridgehead atoms. The average Bonchev–Trinajstić information content (AvgIpc) is 2.38. The largest absolute Gasteiger partial charge is 0.384 e. The lowest BCUT2D eigenvalue weighted by atomic mass is 10.1. The van der Waals surface area contributed by atoms with Gasteiger partial charge in [-0.25, -0.2) is 4.98 Å². The molecule has 1 atom stereocenters. The lowest BCUT2D eigenvalue weighted by molar-refractivity contribution is -0.00309. The van der Waals surface area contributed by atoms with Crippen LogP contribution in [0.25, 0.3) is 0 Å². The Morgan fingerprint density at radius 2 is 2.39 bits per heavy atom. The number of ether oxygens (including phenoxy) is 1. The predicted octanol–water partition coefficient (Wildman–Crippen LogP) is 1.34. The van der Waals surface area contributed by atoms with Crippen molar-refractivity contribution < 1.29 is 9.53 Å². The van der Waals surface area contributed by atoms with Gasteiger partial charge in [-0.3, -0.25) is 4.79 Å². The molecule has 1 aliphatic heterocycles. The second-order valence-electron chi connectivity index (χ2n) is 4.08. The zero-order valence-electron chi connectivity index (χ0n) is 10.3. The maximum absolute atomic E-state index is 12.3. The number of morpholine rings is 1. The van der Waals surface area contributed by atoms with Crippen LogP contribution in [0.3, 0.4) is 0 Å². The highest BCUT2D eigenvalue weighted by Gasteiger charge is 2.27. The van der Waals surface area contributed by atoms with Gasteiger partial charge in [0, 0.05) is 6.54 Å². The number of amides is 1. The van der Waals surface area contributed by atoms with Gasteiger partial charge in [0.05, 0.1) is 19.3 Å². The fraction of sp³-hybridized carbons (Fsp3) is 0.500. The van der Waals surface area contributed by atoms with Gasteiger partial charge in [-0.2, -0.15) is 0 Å². The topological polar surface area (TPSA) is 68.5 Å². The number of nitrogens with two attached hydrogens (primary N) is 1. The summed E-state index contributed by atoms with van der Waals surface area (Å²) in [5.41, 5.74) is 5.99. The lowest BCUT2D eigenvalue weighted by Gasteiger charge is -2.34. The summed E-state index contributed by atoms with van der Waals surface area (Å²) >= 11 is 0. The predicted molar refractivity (Wildman–Crippen MR) is 71.8 cm³/mol. The third kappa shape index (κ3) is 3.11. The van der Waals surface area contributed by atoms with E-state index in [0.717, 1.165) is 6.42 Å². The number of carbonyl (C=O) groups is 1. The second kappa shape index (κ2) is 6.56. The molecule has 6 heteroatoms. The van der Waals surface area contributed by atoms with Gasteiger partial charge >= 0.3 is 0 Å². The number of hydrogen-bond acceptors (Lipinski definition) is 4. The Balaban J connectivity index is 0.00000162. The number of halogens is 1. The number of aromatic nitrogens is 1. The van der Waals surface area contributed by atoms with Crippen LogP contribution in [-0.2, 0) is 4.74 Å². The van der Waals surface area contributed by atoms with Gasteiger partial charge in [-0.15, -0.1) is 12.4 Å². The summed E-state index contributed by atoms with van der Waals surface area (Å²) in [5.74, 6) is 0.310. The summed E-state index contributed by atoms with van der Waals surface area (Å²) in [4.78, 5) is 18.2. The third-order valence-electron chi connectivity index (χ3n) is 2.95. The van der Waals surface area contributed by atoms with E-state index in [1.165, 1.54) is 0 Å². The normalized spacial score (nSPS) is 19.2. The van der Waals surface area contributed by atoms with Gasteiger partial charge in [0.1, 0.15) is 11.5 Å². The smallest absolute Gasteiger partial charge is 0.272 e. The second-order valence-corrected chi connectivity index (χ2v) is 4.08. The number of carbonyl (C=O) groups excluding carboxylic acids is 1. The Bertz CT molecular complexity index is 414. The van der Waals surface area contributed by atoms with Crippen molar-refractivity contribution in [3.8, 4) is 0 Å². The highest BCUT2D eigenvalue weighted by molar-refractivity contribution is 5.92. The van der Waals surface area contributed by atoms with E-state index in [9.17, 15) is 4.79 Å². The number of nitrogen functional groups attached to an aromatic ring is 1. The minimum atomic E-state index is -0.0625. The Labute approximate surface area is 113 Å². The monoisotopic (exact) mass is 271 g/mol. The zero-order valence-corrected chi connectivity index (χ0v) is 11.2. The Hall–Kier alpha value is -1.33. The van der Waals surface area contributed by atoms with Gasteiger partial charge in [0.25, 0.3) is 5.91 Å². The fourth-order valence-electron chi connectivity index (χ4n) is 1.98. The van der Waals surface area contributed by atoms with E-state index < -0.39 is 0 Å². The van der Waals surface area contributed by atoms with Crippen molar-refractivity contribution in [2.75, 3.05) is 25.5 Å². The number of pyridine rings is 1. The molecule has 0 spiro atoms. The molecule has 0 saturated carbocycles. The molecule has 0 radical (unpaired) electrons. The molecule has 1 aromatic rings. The lowest BCUT2D eigenvalue weighted by Crippen LogP contribution is -2.48. The molecule has 2 heterocycles. The van der Waals surface area contributed by atoms with Gasteiger partial charge in [-0.05, 0) is 18.6 Å². The number of rotatable bonds is 2. The minimum absolute atomic E-state index is 0. The van der Waals surface area contributed by atoms with E-state index in [1.807, 2.05) is 11.8 Å². The molecule has 1 fully saturated rings. The van der Waals surface area contributed by atoms with Crippen LogP contribution in [0, 0.1) is 0 Å². The summed E-state index contributed by atoms with van der Waals surface area (Å²) in [6.45, 7) is 3.86. The molecule has 100 valence electrons. The Morgan fingerprint density at radius 3 is 3.06 bits per heavy atom. The Morgan fingerprint density at radius 1 is 1.61 bits per heavy atom. The van der Waals surface area contributed by atoms with Crippen molar-refractivity contribution >= 4 is 24.1 Å².